The van der Waals surface area contributed by atoms with E-state index in [-0.39, 0.29) is 5.97 Å². The molecule has 1 rings (SSSR count). The number of nitrogens with one attached hydrogen (secondary N) is 1. The monoisotopic (exact) mass is 157 g/mol. The molecule has 0 radical (unpaired) electrons. The van der Waals surface area contributed by atoms with Gasteiger partial charge in [0.1, 0.15) is 5.70 Å². The molecular formula is C6H7NO2S. The van der Waals surface area contributed by atoms with E-state index in [1.165, 1.54) is 18.9 Å². The van der Waals surface area contributed by atoms with Crippen LogP contribution in [0.5, 0.6) is 0 Å². The number of ether oxygens (including phenoxy) is 1. The van der Waals surface area contributed by atoms with Crippen LogP contribution in [0.4, 0.5) is 0 Å². The van der Waals surface area contributed by atoms with E-state index in [4.69, 9.17) is 0 Å². The topological polar surface area (TPSA) is 38.3 Å². The van der Waals surface area contributed by atoms with Gasteiger partial charge in [0.25, 0.3) is 0 Å². The van der Waals surface area contributed by atoms with Gasteiger partial charge in [0, 0.05) is 11.6 Å². The summed E-state index contributed by atoms with van der Waals surface area (Å²) in [5.74, 6) is -0.336. The minimum atomic E-state index is -0.336. The van der Waals surface area contributed by atoms with Crippen molar-refractivity contribution in [1.29, 1.82) is 0 Å². The number of esters is 1. The fourth-order valence-electron chi connectivity index (χ4n) is 0.521. The van der Waals surface area contributed by atoms with Crippen LogP contribution in [0.1, 0.15) is 0 Å². The number of carbonyl (C=O) groups is 1. The first-order valence-electron chi connectivity index (χ1n) is 2.70. The molecule has 1 heterocycles. The number of hydrogen-bond donors (Lipinski definition) is 1. The van der Waals surface area contributed by atoms with Crippen LogP contribution in [-0.2, 0) is 9.53 Å². The second-order valence-corrected chi connectivity index (χ2v) is 2.39. The van der Waals surface area contributed by atoms with Gasteiger partial charge in [0.2, 0.25) is 0 Å². The molecule has 0 aliphatic carbocycles. The SMILES string of the molecule is COC(=O)C1=CSC=CN1. The molecule has 3 nitrogen and oxygen atoms in total. The largest absolute Gasteiger partial charge is 0.464 e. The summed E-state index contributed by atoms with van der Waals surface area (Å²) in [5, 5.41) is 6.29. The van der Waals surface area contributed by atoms with E-state index in [2.05, 4.69) is 10.1 Å². The smallest absolute Gasteiger partial charge is 0.355 e. The van der Waals surface area contributed by atoms with Crippen molar-refractivity contribution in [3.05, 3.63) is 22.7 Å². The highest BCUT2D eigenvalue weighted by Gasteiger charge is 2.08. The van der Waals surface area contributed by atoms with Gasteiger partial charge in [-0.2, -0.15) is 0 Å². The highest BCUT2D eigenvalue weighted by atomic mass is 32.2. The number of thioether (sulfide) groups is 1. The van der Waals surface area contributed by atoms with Gasteiger partial charge in [-0.25, -0.2) is 4.79 Å². The molecular weight excluding hydrogens is 150 g/mol. The third kappa shape index (κ3) is 1.54. The molecule has 0 aromatic carbocycles. The molecule has 0 fully saturated rings. The van der Waals surface area contributed by atoms with Crippen molar-refractivity contribution in [3.8, 4) is 0 Å². The second-order valence-electron chi connectivity index (χ2n) is 1.61. The third-order valence-electron chi connectivity index (χ3n) is 0.977. The lowest BCUT2D eigenvalue weighted by Gasteiger charge is -2.06. The first kappa shape index (κ1) is 7.21. The Bertz CT molecular complexity index is 198. The van der Waals surface area contributed by atoms with Gasteiger partial charge in [-0.05, 0) is 5.41 Å². The zero-order valence-corrected chi connectivity index (χ0v) is 6.27. The van der Waals surface area contributed by atoms with Gasteiger partial charge >= 0.3 is 5.97 Å². The zero-order chi connectivity index (χ0) is 7.40. The Morgan fingerprint density at radius 1 is 1.80 bits per heavy atom. The molecule has 0 aromatic rings. The maximum atomic E-state index is 10.8. The Kier molecular flexibility index (Phi) is 2.39. The molecule has 4 heteroatoms. The summed E-state index contributed by atoms with van der Waals surface area (Å²) < 4.78 is 4.47. The van der Waals surface area contributed by atoms with E-state index >= 15 is 0 Å². The molecule has 0 bridgehead atoms. The lowest BCUT2D eigenvalue weighted by Crippen LogP contribution is -2.17. The minimum Gasteiger partial charge on any atom is -0.464 e. The minimum absolute atomic E-state index is 0.336. The maximum absolute atomic E-state index is 10.8. The van der Waals surface area contributed by atoms with E-state index in [0.29, 0.717) is 5.70 Å². The molecule has 0 saturated carbocycles. The summed E-state index contributed by atoms with van der Waals surface area (Å²) in [6.45, 7) is 0. The highest BCUT2D eigenvalue weighted by Crippen LogP contribution is 2.11. The number of rotatable bonds is 1. The summed E-state index contributed by atoms with van der Waals surface area (Å²) >= 11 is 1.44. The van der Waals surface area contributed by atoms with Crippen molar-refractivity contribution in [3.63, 3.8) is 0 Å². The predicted octanol–water partition coefficient (Wildman–Crippen LogP) is 0.808. The average molecular weight is 157 g/mol. The van der Waals surface area contributed by atoms with Gasteiger partial charge in [0.05, 0.1) is 7.11 Å². The number of hydrogen-bond acceptors (Lipinski definition) is 4. The molecule has 1 aliphatic rings. The Hall–Kier alpha value is -0.900. The van der Waals surface area contributed by atoms with Gasteiger partial charge in [0.15, 0.2) is 0 Å². The van der Waals surface area contributed by atoms with Crippen molar-refractivity contribution in [2.45, 2.75) is 0 Å². The summed E-state index contributed by atoms with van der Waals surface area (Å²) in [5.41, 5.74) is 0.481. The van der Waals surface area contributed by atoms with Gasteiger partial charge in [-0.15, -0.1) is 11.8 Å². The molecule has 54 valence electrons. The molecule has 0 aromatic heterocycles. The zero-order valence-electron chi connectivity index (χ0n) is 5.46. The molecule has 1 N–H and O–H groups in total. The lowest BCUT2D eigenvalue weighted by atomic mass is 10.5. The Morgan fingerprint density at radius 3 is 3.10 bits per heavy atom. The van der Waals surface area contributed by atoms with Gasteiger partial charge in [-0.3, -0.25) is 0 Å². The van der Waals surface area contributed by atoms with Crippen molar-refractivity contribution in [2.75, 3.05) is 7.11 Å². The van der Waals surface area contributed by atoms with Crippen LogP contribution in [0.3, 0.4) is 0 Å². The van der Waals surface area contributed by atoms with Gasteiger partial charge < -0.3 is 10.1 Å². The van der Waals surface area contributed by atoms with Crippen molar-refractivity contribution in [1.82, 2.24) is 5.32 Å². The average Bonchev–Trinajstić information content (AvgIpc) is 2.05. The summed E-state index contributed by atoms with van der Waals surface area (Å²) in [6, 6.07) is 0. The molecule has 0 amide bonds. The van der Waals surface area contributed by atoms with E-state index in [0.717, 1.165) is 0 Å². The Balaban J connectivity index is 2.56. The standard InChI is InChI=1S/C6H7NO2S/c1-9-6(8)5-4-10-3-2-7-5/h2-4,7H,1H3. The maximum Gasteiger partial charge on any atom is 0.355 e. The molecule has 0 saturated heterocycles. The second kappa shape index (κ2) is 3.31. The van der Waals surface area contributed by atoms with E-state index in [1.807, 2.05) is 5.41 Å². The fourth-order valence-corrected chi connectivity index (χ4v) is 1.05. The van der Waals surface area contributed by atoms with Crippen molar-refractivity contribution < 1.29 is 9.53 Å². The predicted molar refractivity (Wildman–Crippen MR) is 40.0 cm³/mol. The van der Waals surface area contributed by atoms with Crippen LogP contribution in [0.15, 0.2) is 22.7 Å². The van der Waals surface area contributed by atoms with E-state index < -0.39 is 0 Å². The van der Waals surface area contributed by atoms with Crippen LogP contribution in [0.2, 0.25) is 0 Å². The van der Waals surface area contributed by atoms with E-state index in [1.54, 1.807) is 11.6 Å². The number of carbonyl (C=O) groups excluding carboxylic acids is 1. The Labute approximate surface area is 63.1 Å². The van der Waals surface area contributed by atoms with Crippen LogP contribution in [0, 0.1) is 0 Å². The molecule has 1 aliphatic heterocycles. The molecule has 10 heavy (non-hydrogen) atoms. The van der Waals surface area contributed by atoms with E-state index in [9.17, 15) is 4.79 Å². The molecule has 0 spiro atoms. The highest BCUT2D eigenvalue weighted by molar-refractivity contribution is 8.05. The van der Waals surface area contributed by atoms with Crippen molar-refractivity contribution in [2.24, 2.45) is 0 Å². The normalized spacial score (nSPS) is 15.5. The third-order valence-corrected chi connectivity index (χ3v) is 1.64. The van der Waals surface area contributed by atoms with Crippen LogP contribution < -0.4 is 5.32 Å². The fraction of sp³-hybridized carbons (Fsp3) is 0.167. The molecule has 0 unspecified atom stereocenters. The first-order chi connectivity index (χ1) is 4.84. The van der Waals surface area contributed by atoms with Crippen LogP contribution in [-0.4, -0.2) is 13.1 Å². The lowest BCUT2D eigenvalue weighted by molar-refractivity contribution is -0.136. The quantitative estimate of drug-likeness (QED) is 0.571. The van der Waals surface area contributed by atoms with Crippen LogP contribution >= 0.6 is 11.8 Å². The molecule has 0 atom stereocenters. The summed E-state index contributed by atoms with van der Waals surface area (Å²) in [4.78, 5) is 10.8. The van der Waals surface area contributed by atoms with Crippen LogP contribution in [0.25, 0.3) is 0 Å². The Morgan fingerprint density at radius 2 is 2.60 bits per heavy atom. The summed E-state index contributed by atoms with van der Waals surface area (Å²) in [7, 11) is 1.36. The van der Waals surface area contributed by atoms with Crippen molar-refractivity contribution >= 4 is 17.7 Å². The first-order valence-corrected chi connectivity index (χ1v) is 3.64. The number of methoxy groups -OCH3 is 1. The summed E-state index contributed by atoms with van der Waals surface area (Å²) in [6.07, 6.45) is 1.69. The van der Waals surface area contributed by atoms with Gasteiger partial charge in [-0.1, -0.05) is 0 Å².